The Morgan fingerprint density at radius 2 is 1.79 bits per heavy atom. The number of hydrogen-bond donors (Lipinski definition) is 3. The molecule has 10 nitrogen and oxygen atoms in total. The van der Waals surface area contributed by atoms with Gasteiger partial charge in [0.25, 0.3) is 5.56 Å². The van der Waals surface area contributed by atoms with E-state index >= 15 is 0 Å². The number of fused-ring (bicyclic) bond motifs is 1. The van der Waals surface area contributed by atoms with E-state index in [9.17, 15) is 9.59 Å². The van der Waals surface area contributed by atoms with E-state index in [4.69, 9.17) is 14.7 Å². The SMILES string of the molecule is COc1ccc(-n2c(NNC(=O)Nc3cccc(C#N)c3)nc3ccccc3c2=O)cc1OC. The largest absolute Gasteiger partial charge is 0.493 e. The Labute approximate surface area is 194 Å². The zero-order valence-corrected chi connectivity index (χ0v) is 18.3. The van der Waals surface area contributed by atoms with E-state index in [0.29, 0.717) is 39.3 Å². The molecule has 0 saturated heterocycles. The van der Waals surface area contributed by atoms with E-state index in [2.05, 4.69) is 21.2 Å². The molecule has 0 aliphatic rings. The van der Waals surface area contributed by atoms with E-state index in [1.54, 1.807) is 60.7 Å². The molecule has 0 fully saturated rings. The van der Waals surface area contributed by atoms with Crippen LogP contribution < -0.4 is 31.2 Å². The quantitative estimate of drug-likeness (QED) is 0.379. The average molecular weight is 456 g/mol. The molecular formula is C24H20N6O4. The van der Waals surface area contributed by atoms with Gasteiger partial charge in [-0.1, -0.05) is 18.2 Å². The monoisotopic (exact) mass is 456 g/mol. The second-order valence-corrected chi connectivity index (χ2v) is 7.03. The lowest BCUT2D eigenvalue weighted by Crippen LogP contribution is -2.36. The van der Waals surface area contributed by atoms with Gasteiger partial charge in [0.1, 0.15) is 0 Å². The Bertz CT molecular complexity index is 1470. The number of ether oxygens (including phenoxy) is 2. The number of benzene rings is 3. The predicted octanol–water partition coefficient (Wildman–Crippen LogP) is 3.42. The number of hydrazine groups is 1. The first kappa shape index (κ1) is 22.2. The Morgan fingerprint density at radius 1 is 1.00 bits per heavy atom. The van der Waals surface area contributed by atoms with Gasteiger partial charge in [-0.3, -0.25) is 10.2 Å². The molecule has 4 aromatic rings. The van der Waals surface area contributed by atoms with E-state index in [1.807, 2.05) is 6.07 Å². The van der Waals surface area contributed by atoms with Crippen molar-refractivity contribution in [2.24, 2.45) is 0 Å². The van der Waals surface area contributed by atoms with Gasteiger partial charge < -0.3 is 14.8 Å². The van der Waals surface area contributed by atoms with Crippen molar-refractivity contribution < 1.29 is 14.3 Å². The summed E-state index contributed by atoms with van der Waals surface area (Å²) in [5, 5.41) is 12.0. The average Bonchev–Trinajstić information content (AvgIpc) is 2.87. The molecule has 170 valence electrons. The summed E-state index contributed by atoms with van der Waals surface area (Å²) in [7, 11) is 3.01. The van der Waals surface area contributed by atoms with Gasteiger partial charge in [0, 0.05) is 11.8 Å². The minimum absolute atomic E-state index is 0.0804. The lowest BCUT2D eigenvalue weighted by molar-refractivity contribution is 0.253. The van der Waals surface area contributed by atoms with E-state index in [-0.39, 0.29) is 11.5 Å². The molecule has 0 aliphatic carbocycles. The summed E-state index contributed by atoms with van der Waals surface area (Å²) in [4.78, 5) is 30.3. The van der Waals surface area contributed by atoms with Crippen LogP contribution in [0.1, 0.15) is 5.56 Å². The summed E-state index contributed by atoms with van der Waals surface area (Å²) in [5.74, 6) is 1.01. The minimum Gasteiger partial charge on any atom is -0.493 e. The van der Waals surface area contributed by atoms with Gasteiger partial charge in [0.2, 0.25) is 5.95 Å². The number of nitrogens with zero attached hydrogens (tertiary/aromatic N) is 3. The molecule has 2 amide bonds. The number of rotatable bonds is 6. The molecule has 0 saturated carbocycles. The van der Waals surface area contributed by atoms with Crippen molar-refractivity contribution in [3.05, 3.63) is 82.6 Å². The maximum atomic E-state index is 13.4. The van der Waals surface area contributed by atoms with E-state index < -0.39 is 6.03 Å². The van der Waals surface area contributed by atoms with Crippen molar-refractivity contribution in [1.29, 1.82) is 5.26 Å². The van der Waals surface area contributed by atoms with Crippen LogP contribution in [-0.4, -0.2) is 29.8 Å². The van der Waals surface area contributed by atoms with Crippen LogP contribution in [0.2, 0.25) is 0 Å². The first-order valence-corrected chi connectivity index (χ1v) is 10.1. The highest BCUT2D eigenvalue weighted by atomic mass is 16.5. The fourth-order valence-corrected chi connectivity index (χ4v) is 3.36. The molecule has 0 spiro atoms. The normalized spacial score (nSPS) is 10.3. The fourth-order valence-electron chi connectivity index (χ4n) is 3.36. The maximum Gasteiger partial charge on any atom is 0.337 e. The molecule has 3 N–H and O–H groups in total. The molecule has 3 aromatic carbocycles. The van der Waals surface area contributed by atoms with Crippen LogP contribution in [-0.2, 0) is 0 Å². The Hall–Kier alpha value is -5.04. The van der Waals surface area contributed by atoms with Gasteiger partial charge >= 0.3 is 6.03 Å². The number of carbonyl (C=O) groups is 1. The number of carbonyl (C=O) groups excluding carboxylic acids is 1. The second-order valence-electron chi connectivity index (χ2n) is 7.03. The van der Waals surface area contributed by atoms with Crippen molar-refractivity contribution in [1.82, 2.24) is 15.0 Å². The van der Waals surface area contributed by atoms with Crippen molar-refractivity contribution in [2.75, 3.05) is 25.0 Å². The molecular weight excluding hydrogens is 436 g/mol. The number of amides is 2. The van der Waals surface area contributed by atoms with Crippen LogP contribution in [0.4, 0.5) is 16.4 Å². The van der Waals surface area contributed by atoms with Crippen molar-refractivity contribution in [3.63, 3.8) is 0 Å². The molecule has 1 aromatic heterocycles. The predicted molar refractivity (Wildman–Crippen MR) is 127 cm³/mol. The highest BCUT2D eigenvalue weighted by Crippen LogP contribution is 2.29. The molecule has 0 aliphatic heterocycles. The topological polar surface area (TPSA) is 130 Å². The molecule has 0 bridgehead atoms. The summed E-state index contributed by atoms with van der Waals surface area (Å²) in [6.45, 7) is 0. The molecule has 0 radical (unpaired) electrons. The third-order valence-electron chi connectivity index (χ3n) is 4.94. The van der Waals surface area contributed by atoms with Crippen molar-refractivity contribution >= 4 is 28.6 Å². The number of methoxy groups -OCH3 is 2. The Kier molecular flexibility index (Phi) is 6.27. The van der Waals surface area contributed by atoms with Gasteiger partial charge in [-0.25, -0.2) is 19.8 Å². The van der Waals surface area contributed by atoms with Crippen LogP contribution in [0.5, 0.6) is 11.5 Å². The fraction of sp³-hybridized carbons (Fsp3) is 0.0833. The summed E-state index contributed by atoms with van der Waals surface area (Å²) in [6.07, 6.45) is 0. The van der Waals surface area contributed by atoms with E-state index in [1.165, 1.54) is 24.9 Å². The molecule has 0 unspecified atom stereocenters. The number of nitrogens with one attached hydrogen (secondary N) is 3. The molecule has 1 heterocycles. The maximum absolute atomic E-state index is 13.4. The number of anilines is 2. The molecule has 4 rings (SSSR count). The van der Waals surface area contributed by atoms with Crippen LogP contribution in [0, 0.1) is 11.3 Å². The summed E-state index contributed by atoms with van der Waals surface area (Å²) in [6, 6.07) is 19.7. The van der Waals surface area contributed by atoms with Gasteiger partial charge in [-0.05, 0) is 42.5 Å². The van der Waals surface area contributed by atoms with Gasteiger partial charge in [-0.2, -0.15) is 5.26 Å². The Balaban J connectivity index is 1.70. The second kappa shape index (κ2) is 9.62. The lowest BCUT2D eigenvalue weighted by Gasteiger charge is -2.17. The number of hydrogen-bond acceptors (Lipinski definition) is 7. The summed E-state index contributed by atoms with van der Waals surface area (Å²) >= 11 is 0. The highest BCUT2D eigenvalue weighted by molar-refractivity contribution is 5.90. The third kappa shape index (κ3) is 4.44. The number of nitriles is 1. The smallest absolute Gasteiger partial charge is 0.337 e. The number of para-hydroxylation sites is 1. The van der Waals surface area contributed by atoms with Gasteiger partial charge in [0.05, 0.1) is 42.4 Å². The highest BCUT2D eigenvalue weighted by Gasteiger charge is 2.15. The Morgan fingerprint density at radius 3 is 2.56 bits per heavy atom. The van der Waals surface area contributed by atoms with E-state index in [0.717, 1.165) is 0 Å². The zero-order chi connectivity index (χ0) is 24.1. The molecule has 10 heteroatoms. The number of urea groups is 1. The summed E-state index contributed by atoms with van der Waals surface area (Å²) in [5.41, 5.74) is 6.59. The van der Waals surface area contributed by atoms with Gasteiger partial charge in [-0.15, -0.1) is 0 Å². The molecule has 0 atom stereocenters. The van der Waals surface area contributed by atoms with Crippen LogP contribution in [0.15, 0.2) is 71.5 Å². The third-order valence-corrected chi connectivity index (χ3v) is 4.94. The summed E-state index contributed by atoms with van der Waals surface area (Å²) < 4.78 is 12.0. The van der Waals surface area contributed by atoms with Crippen molar-refractivity contribution in [3.8, 4) is 23.3 Å². The minimum atomic E-state index is -0.614. The number of aromatic nitrogens is 2. The van der Waals surface area contributed by atoms with Crippen molar-refractivity contribution in [2.45, 2.75) is 0 Å². The first-order chi connectivity index (χ1) is 16.5. The van der Waals surface area contributed by atoms with Crippen LogP contribution in [0.25, 0.3) is 16.6 Å². The first-order valence-electron chi connectivity index (χ1n) is 10.1. The van der Waals surface area contributed by atoms with Crippen LogP contribution >= 0.6 is 0 Å². The van der Waals surface area contributed by atoms with Gasteiger partial charge in [0.15, 0.2) is 11.5 Å². The lowest BCUT2D eigenvalue weighted by atomic mass is 10.2. The molecule has 34 heavy (non-hydrogen) atoms. The zero-order valence-electron chi connectivity index (χ0n) is 18.3. The van der Waals surface area contributed by atoms with Crippen LogP contribution in [0.3, 0.4) is 0 Å². The standard InChI is InChI=1S/C24H20N6O4/c1-33-20-11-10-17(13-21(20)34-2)30-22(31)18-8-3-4-9-19(18)27-23(30)28-29-24(32)26-16-7-5-6-15(12-16)14-25/h3-13H,1-2H3,(H,27,28)(H2,26,29,32).